The minimum atomic E-state index is 0.513. The monoisotopic (exact) mass is 473 g/mol. The molecule has 0 aliphatic carbocycles. The predicted molar refractivity (Wildman–Crippen MR) is 139 cm³/mol. The van der Waals surface area contributed by atoms with Gasteiger partial charge in [-0.1, -0.05) is 54.6 Å². The third kappa shape index (κ3) is 3.23. The highest BCUT2D eigenvalue weighted by Crippen LogP contribution is 2.35. The van der Waals surface area contributed by atoms with Gasteiger partial charge in [0.2, 0.25) is 0 Å². The molecule has 0 aliphatic heterocycles. The number of hydrogen-bond acceptors (Lipinski definition) is 6. The van der Waals surface area contributed by atoms with Gasteiger partial charge < -0.3 is 5.73 Å². The van der Waals surface area contributed by atoms with Gasteiger partial charge in [0.1, 0.15) is 5.69 Å². The van der Waals surface area contributed by atoms with Crippen LogP contribution in [-0.2, 0) is 6.54 Å². The largest absolute Gasteiger partial charge is 0.326 e. The molecule has 0 bridgehead atoms. The Morgan fingerprint density at radius 2 is 1.71 bits per heavy atom. The molecule has 0 radical (unpaired) electrons. The summed E-state index contributed by atoms with van der Waals surface area (Å²) in [5.74, 6) is 0.709. The Labute approximate surface area is 204 Å². The smallest absolute Gasteiger partial charge is 0.194 e. The summed E-state index contributed by atoms with van der Waals surface area (Å²) in [6, 6.07) is 22.8. The molecule has 0 saturated carbocycles. The fourth-order valence-corrected chi connectivity index (χ4v) is 5.16. The zero-order valence-corrected chi connectivity index (χ0v) is 19.4. The molecule has 0 amide bonds. The summed E-state index contributed by atoms with van der Waals surface area (Å²) in [5, 5.41) is 12.0. The topological polar surface area (TPSA) is 86.4 Å². The summed E-state index contributed by atoms with van der Waals surface area (Å²) in [5.41, 5.74) is 13.4. The molecule has 0 fully saturated rings. The first-order valence-electron chi connectivity index (χ1n) is 11.2. The molecule has 0 unspecified atom stereocenters. The van der Waals surface area contributed by atoms with Crippen molar-refractivity contribution < 1.29 is 0 Å². The van der Waals surface area contributed by atoms with E-state index in [9.17, 15) is 0 Å². The minimum Gasteiger partial charge on any atom is -0.326 e. The van der Waals surface area contributed by atoms with Gasteiger partial charge in [0.25, 0.3) is 0 Å². The molecule has 7 aromatic rings. The summed E-state index contributed by atoms with van der Waals surface area (Å²) in [4.78, 5) is 10.7. The molecule has 168 valence electrons. The van der Waals surface area contributed by atoms with Crippen LogP contribution in [0.3, 0.4) is 0 Å². The molecular weight excluding hydrogens is 454 g/mol. The molecule has 8 heteroatoms. The maximum absolute atomic E-state index is 5.81. The van der Waals surface area contributed by atoms with E-state index in [1.54, 1.807) is 11.3 Å². The van der Waals surface area contributed by atoms with E-state index in [0.29, 0.717) is 12.4 Å². The number of rotatable bonds is 4. The molecule has 7 nitrogen and oxygen atoms in total. The van der Waals surface area contributed by atoms with E-state index < -0.39 is 0 Å². The second-order valence-electron chi connectivity index (χ2n) is 8.34. The number of benzene rings is 2. The van der Waals surface area contributed by atoms with Gasteiger partial charge in [-0.25, -0.2) is 9.97 Å². The molecule has 0 aliphatic rings. The van der Waals surface area contributed by atoms with Crippen LogP contribution >= 0.6 is 11.3 Å². The molecule has 7 rings (SSSR count). The van der Waals surface area contributed by atoms with Crippen LogP contribution in [0.25, 0.3) is 55.4 Å². The molecular formula is C27H19N7S. The molecule has 0 saturated heterocycles. The Kier molecular flexibility index (Phi) is 4.48. The lowest BCUT2D eigenvalue weighted by Crippen LogP contribution is -1.97. The van der Waals surface area contributed by atoms with Crippen LogP contribution in [0.15, 0.2) is 90.7 Å². The van der Waals surface area contributed by atoms with Crippen LogP contribution in [0, 0.1) is 0 Å². The van der Waals surface area contributed by atoms with E-state index in [0.717, 1.165) is 55.2 Å². The Bertz CT molecular complexity index is 1800. The third-order valence-corrected chi connectivity index (χ3v) is 7.01. The van der Waals surface area contributed by atoms with Gasteiger partial charge in [0.15, 0.2) is 16.4 Å². The molecule has 5 aromatic heterocycles. The molecule has 2 aromatic carbocycles. The van der Waals surface area contributed by atoms with Crippen LogP contribution < -0.4 is 5.73 Å². The predicted octanol–water partition coefficient (Wildman–Crippen LogP) is 5.45. The summed E-state index contributed by atoms with van der Waals surface area (Å²) in [7, 11) is 0. The van der Waals surface area contributed by atoms with E-state index in [4.69, 9.17) is 15.7 Å². The van der Waals surface area contributed by atoms with E-state index in [2.05, 4.69) is 52.7 Å². The highest BCUT2D eigenvalue weighted by molar-refractivity contribution is 7.15. The van der Waals surface area contributed by atoms with Gasteiger partial charge in [-0.15, -0.1) is 21.5 Å². The second kappa shape index (κ2) is 7.83. The zero-order valence-electron chi connectivity index (χ0n) is 18.5. The molecule has 5 heterocycles. The Morgan fingerprint density at radius 1 is 0.857 bits per heavy atom. The quantitative estimate of drug-likeness (QED) is 0.368. The van der Waals surface area contributed by atoms with Crippen molar-refractivity contribution in [1.29, 1.82) is 0 Å². The number of nitrogens with two attached hydrogens (primary N) is 1. The van der Waals surface area contributed by atoms with Crippen LogP contribution in [0.5, 0.6) is 0 Å². The minimum absolute atomic E-state index is 0.513. The van der Waals surface area contributed by atoms with Crippen molar-refractivity contribution in [2.45, 2.75) is 6.54 Å². The molecule has 2 N–H and O–H groups in total. The zero-order chi connectivity index (χ0) is 23.4. The molecule has 0 spiro atoms. The third-order valence-electron chi connectivity index (χ3n) is 6.24. The fraction of sp³-hybridized carbons (Fsp3) is 0.0370. The highest BCUT2D eigenvalue weighted by Gasteiger charge is 2.18. The van der Waals surface area contributed by atoms with Crippen molar-refractivity contribution in [2.75, 3.05) is 0 Å². The van der Waals surface area contributed by atoms with Gasteiger partial charge in [0, 0.05) is 47.0 Å². The lowest BCUT2D eigenvalue weighted by Gasteiger charge is -2.12. The van der Waals surface area contributed by atoms with Crippen LogP contribution in [0.1, 0.15) is 5.56 Å². The number of pyridine rings is 2. The van der Waals surface area contributed by atoms with Gasteiger partial charge in [0.05, 0.1) is 11.2 Å². The first-order chi connectivity index (χ1) is 17.3. The summed E-state index contributed by atoms with van der Waals surface area (Å²) in [6.45, 7) is 0.513. The SMILES string of the molecule is NCc1ccc(-c2nc3ccn4c(-c5cn6ccsc6n5)nnc4c3cc2-c2ccccc2)cc1. The number of hydrogen-bond donors (Lipinski definition) is 1. The van der Waals surface area contributed by atoms with Crippen LogP contribution in [0.4, 0.5) is 0 Å². The lowest BCUT2D eigenvalue weighted by atomic mass is 9.97. The van der Waals surface area contributed by atoms with Gasteiger partial charge >= 0.3 is 0 Å². The second-order valence-corrected chi connectivity index (χ2v) is 9.21. The Hall–Kier alpha value is -4.40. The van der Waals surface area contributed by atoms with E-state index in [1.807, 2.05) is 57.0 Å². The van der Waals surface area contributed by atoms with Gasteiger partial charge in [-0.05, 0) is 23.3 Å². The summed E-state index contributed by atoms with van der Waals surface area (Å²) < 4.78 is 3.99. The van der Waals surface area contributed by atoms with E-state index in [-0.39, 0.29) is 0 Å². The Balaban J connectivity index is 1.46. The maximum Gasteiger partial charge on any atom is 0.194 e. The van der Waals surface area contributed by atoms with Gasteiger partial charge in [-0.3, -0.25) is 8.80 Å². The van der Waals surface area contributed by atoms with E-state index >= 15 is 0 Å². The van der Waals surface area contributed by atoms with Crippen molar-refractivity contribution in [1.82, 2.24) is 29.0 Å². The number of imidazole rings is 1. The van der Waals surface area contributed by atoms with Crippen LogP contribution in [-0.4, -0.2) is 29.0 Å². The van der Waals surface area contributed by atoms with Crippen molar-refractivity contribution in [3.8, 4) is 33.9 Å². The number of nitrogens with zero attached hydrogens (tertiary/aromatic N) is 6. The molecule has 0 atom stereocenters. The van der Waals surface area contributed by atoms with Crippen molar-refractivity contribution in [3.05, 3.63) is 96.3 Å². The van der Waals surface area contributed by atoms with Crippen LogP contribution in [0.2, 0.25) is 0 Å². The first-order valence-corrected chi connectivity index (χ1v) is 12.1. The van der Waals surface area contributed by atoms with E-state index in [1.165, 1.54) is 0 Å². The highest BCUT2D eigenvalue weighted by atomic mass is 32.1. The van der Waals surface area contributed by atoms with Gasteiger partial charge in [-0.2, -0.15) is 0 Å². The Morgan fingerprint density at radius 3 is 2.51 bits per heavy atom. The average molecular weight is 474 g/mol. The number of aromatic nitrogens is 6. The summed E-state index contributed by atoms with van der Waals surface area (Å²) in [6.07, 6.45) is 5.94. The average Bonchev–Trinajstić information content (AvgIpc) is 3.63. The fourth-order valence-electron chi connectivity index (χ4n) is 4.46. The number of fused-ring (bicyclic) bond motifs is 4. The van der Waals surface area contributed by atoms with Crippen molar-refractivity contribution in [2.24, 2.45) is 5.73 Å². The maximum atomic E-state index is 5.81. The van der Waals surface area contributed by atoms with Crippen molar-refractivity contribution in [3.63, 3.8) is 0 Å². The normalized spacial score (nSPS) is 11.7. The summed E-state index contributed by atoms with van der Waals surface area (Å²) >= 11 is 1.59. The molecule has 35 heavy (non-hydrogen) atoms. The first kappa shape index (κ1) is 20.0. The lowest BCUT2D eigenvalue weighted by molar-refractivity contribution is 1.07. The standard InChI is InChI=1S/C27H19N7S/c28-15-17-6-8-19(9-7-17)24-20(18-4-2-1-3-5-18)14-21-22(29-24)10-11-34-25(21)31-32-26(34)23-16-33-12-13-35-27(33)30-23/h1-14,16H,15,28H2. The van der Waals surface area contributed by atoms with Crippen molar-refractivity contribution >= 4 is 32.8 Å². The number of thiazole rings is 1.